The molecular weight excluding hydrogens is 458 g/mol. The third kappa shape index (κ3) is 5.05. The number of rotatable bonds is 5. The molecule has 1 saturated heterocycles. The molecule has 35 heavy (non-hydrogen) atoms. The monoisotopic (exact) mass is 483 g/mol. The van der Waals surface area contributed by atoms with Crippen molar-refractivity contribution in [2.24, 2.45) is 5.92 Å². The summed E-state index contributed by atoms with van der Waals surface area (Å²) in [5.74, 6) is -0.0862. The number of aromatic nitrogens is 1. The molecule has 1 aliphatic heterocycles. The summed E-state index contributed by atoms with van der Waals surface area (Å²) in [4.78, 5) is 35.1. The van der Waals surface area contributed by atoms with E-state index in [0.29, 0.717) is 43.1 Å². The molecule has 0 bridgehead atoms. The van der Waals surface area contributed by atoms with Gasteiger partial charge in [-0.1, -0.05) is 54.1 Å². The topological polar surface area (TPSA) is 53.5 Å². The molecule has 3 aromatic carbocycles. The number of carbonyl (C=O) groups excluding carboxylic acids is 2. The van der Waals surface area contributed by atoms with E-state index in [9.17, 15) is 9.59 Å². The summed E-state index contributed by atoms with van der Waals surface area (Å²) >= 11 is 6.08. The predicted octanol–water partition coefficient (Wildman–Crippen LogP) is 5.97. The third-order valence-corrected chi connectivity index (χ3v) is 6.85. The lowest BCUT2D eigenvalue weighted by atomic mass is 9.94. The molecule has 0 aliphatic carbocycles. The van der Waals surface area contributed by atoms with Crippen LogP contribution in [0.15, 0.2) is 91.1 Å². The van der Waals surface area contributed by atoms with Crippen molar-refractivity contribution in [1.82, 2.24) is 9.88 Å². The molecule has 5 nitrogen and oxygen atoms in total. The van der Waals surface area contributed by atoms with Crippen LogP contribution in [0.4, 0.5) is 5.69 Å². The van der Waals surface area contributed by atoms with Crippen molar-refractivity contribution in [3.63, 3.8) is 0 Å². The SMILES string of the molecule is O=C(c1cccc2ccccc12)N1CCC(C(=O)N(Cc2ccccn2)c2ccc(Cl)cc2)CC1. The van der Waals surface area contributed by atoms with Gasteiger partial charge in [0, 0.05) is 41.5 Å². The first kappa shape index (κ1) is 23.1. The molecule has 2 heterocycles. The van der Waals surface area contributed by atoms with Gasteiger partial charge >= 0.3 is 0 Å². The number of carbonyl (C=O) groups is 2. The lowest BCUT2D eigenvalue weighted by Gasteiger charge is -2.34. The Morgan fingerprint density at radius 1 is 0.886 bits per heavy atom. The van der Waals surface area contributed by atoms with Gasteiger partial charge < -0.3 is 9.80 Å². The second-order valence-electron chi connectivity index (χ2n) is 8.82. The lowest BCUT2D eigenvalue weighted by Crippen LogP contribution is -2.44. The molecule has 5 rings (SSSR count). The summed E-state index contributed by atoms with van der Waals surface area (Å²) in [5, 5.41) is 2.64. The second-order valence-corrected chi connectivity index (χ2v) is 9.25. The number of hydrogen-bond donors (Lipinski definition) is 0. The standard InChI is InChI=1S/C29H26ClN3O2/c30-23-11-13-25(14-12-23)33(20-24-8-3-4-17-31-24)28(34)22-15-18-32(19-16-22)29(35)27-10-5-7-21-6-1-2-9-26(21)27/h1-14,17,22H,15-16,18-20H2. The molecule has 1 fully saturated rings. The van der Waals surface area contributed by atoms with Gasteiger partial charge in [-0.2, -0.15) is 0 Å². The number of likely N-dealkylation sites (tertiary alicyclic amines) is 1. The Balaban J connectivity index is 1.31. The van der Waals surface area contributed by atoms with E-state index in [4.69, 9.17) is 11.6 Å². The fraction of sp³-hybridized carbons (Fsp3) is 0.207. The molecule has 4 aromatic rings. The fourth-order valence-corrected chi connectivity index (χ4v) is 4.83. The first-order valence-electron chi connectivity index (χ1n) is 11.8. The molecular formula is C29H26ClN3O2. The fourth-order valence-electron chi connectivity index (χ4n) is 4.70. The first-order chi connectivity index (χ1) is 17.1. The van der Waals surface area contributed by atoms with E-state index >= 15 is 0 Å². The van der Waals surface area contributed by atoms with Crippen LogP contribution in [-0.2, 0) is 11.3 Å². The number of benzene rings is 3. The number of nitrogens with zero attached hydrogens (tertiary/aromatic N) is 3. The smallest absolute Gasteiger partial charge is 0.254 e. The highest BCUT2D eigenvalue weighted by Crippen LogP contribution is 2.28. The van der Waals surface area contributed by atoms with Crippen molar-refractivity contribution in [2.75, 3.05) is 18.0 Å². The zero-order valence-corrected chi connectivity index (χ0v) is 20.1. The Morgan fingerprint density at radius 3 is 2.34 bits per heavy atom. The van der Waals surface area contributed by atoms with Crippen molar-refractivity contribution in [3.05, 3.63) is 107 Å². The van der Waals surface area contributed by atoms with Crippen LogP contribution in [0.5, 0.6) is 0 Å². The molecule has 0 radical (unpaired) electrons. The van der Waals surface area contributed by atoms with Crippen molar-refractivity contribution in [3.8, 4) is 0 Å². The van der Waals surface area contributed by atoms with E-state index in [1.165, 1.54) is 0 Å². The van der Waals surface area contributed by atoms with Crippen LogP contribution in [0.25, 0.3) is 10.8 Å². The van der Waals surface area contributed by atoms with E-state index in [1.807, 2.05) is 77.7 Å². The minimum absolute atomic E-state index is 0.0238. The Kier molecular flexibility index (Phi) is 6.77. The Hall–Kier alpha value is -3.70. The van der Waals surface area contributed by atoms with E-state index < -0.39 is 0 Å². The van der Waals surface area contributed by atoms with Crippen LogP contribution in [0.3, 0.4) is 0 Å². The number of hydrogen-bond acceptors (Lipinski definition) is 3. The molecule has 0 spiro atoms. The van der Waals surface area contributed by atoms with Crippen LogP contribution >= 0.6 is 11.6 Å². The van der Waals surface area contributed by atoms with E-state index in [1.54, 1.807) is 23.2 Å². The number of pyridine rings is 1. The van der Waals surface area contributed by atoms with Crippen LogP contribution in [-0.4, -0.2) is 34.8 Å². The van der Waals surface area contributed by atoms with Gasteiger partial charge in [0.05, 0.1) is 12.2 Å². The van der Waals surface area contributed by atoms with E-state index in [0.717, 1.165) is 22.2 Å². The van der Waals surface area contributed by atoms with Crippen molar-refractivity contribution in [1.29, 1.82) is 0 Å². The minimum atomic E-state index is -0.161. The summed E-state index contributed by atoms with van der Waals surface area (Å²) in [6.07, 6.45) is 2.99. The van der Waals surface area contributed by atoms with Gasteiger partial charge in [-0.05, 0) is 66.1 Å². The maximum Gasteiger partial charge on any atom is 0.254 e. The van der Waals surface area contributed by atoms with Gasteiger partial charge in [0.25, 0.3) is 5.91 Å². The highest BCUT2D eigenvalue weighted by atomic mass is 35.5. The average molecular weight is 484 g/mol. The second kappa shape index (κ2) is 10.3. The molecule has 1 aliphatic rings. The molecule has 0 atom stereocenters. The van der Waals surface area contributed by atoms with Crippen molar-refractivity contribution < 1.29 is 9.59 Å². The number of anilines is 1. The summed E-state index contributed by atoms with van der Waals surface area (Å²) in [5.41, 5.74) is 2.32. The molecule has 0 saturated carbocycles. The minimum Gasteiger partial charge on any atom is -0.339 e. The summed E-state index contributed by atoms with van der Waals surface area (Å²) in [7, 11) is 0. The summed E-state index contributed by atoms with van der Waals surface area (Å²) < 4.78 is 0. The van der Waals surface area contributed by atoms with Crippen LogP contribution < -0.4 is 4.90 Å². The normalized spacial score (nSPS) is 14.1. The van der Waals surface area contributed by atoms with Gasteiger partial charge in [-0.15, -0.1) is 0 Å². The quantitative estimate of drug-likeness (QED) is 0.351. The van der Waals surface area contributed by atoms with Crippen LogP contribution in [0.2, 0.25) is 5.02 Å². The van der Waals surface area contributed by atoms with Crippen LogP contribution in [0, 0.1) is 5.92 Å². The molecule has 0 N–H and O–H groups in total. The van der Waals surface area contributed by atoms with E-state index in [2.05, 4.69) is 4.98 Å². The molecule has 1 aromatic heterocycles. The largest absolute Gasteiger partial charge is 0.339 e. The highest BCUT2D eigenvalue weighted by Gasteiger charge is 2.31. The highest BCUT2D eigenvalue weighted by molar-refractivity contribution is 6.30. The number of amides is 2. The number of piperidine rings is 1. The summed E-state index contributed by atoms with van der Waals surface area (Å²) in [6.45, 7) is 1.49. The third-order valence-electron chi connectivity index (χ3n) is 6.60. The zero-order chi connectivity index (χ0) is 24.2. The van der Waals surface area contributed by atoms with Crippen molar-refractivity contribution in [2.45, 2.75) is 19.4 Å². The number of fused-ring (bicyclic) bond motifs is 1. The Bertz CT molecular complexity index is 1330. The first-order valence-corrected chi connectivity index (χ1v) is 12.2. The van der Waals surface area contributed by atoms with E-state index in [-0.39, 0.29) is 17.7 Å². The maximum absolute atomic E-state index is 13.7. The number of halogens is 1. The molecule has 176 valence electrons. The average Bonchev–Trinajstić information content (AvgIpc) is 2.92. The van der Waals surface area contributed by atoms with Gasteiger partial charge in [0.1, 0.15) is 0 Å². The van der Waals surface area contributed by atoms with Gasteiger partial charge in [0.2, 0.25) is 5.91 Å². The Morgan fingerprint density at radius 2 is 1.60 bits per heavy atom. The predicted molar refractivity (Wildman–Crippen MR) is 139 cm³/mol. The summed E-state index contributed by atoms with van der Waals surface area (Å²) in [6, 6.07) is 26.8. The molecule has 0 unspecified atom stereocenters. The molecule has 6 heteroatoms. The van der Waals surface area contributed by atoms with Crippen molar-refractivity contribution >= 4 is 39.9 Å². The Labute approximate surface area is 210 Å². The zero-order valence-electron chi connectivity index (χ0n) is 19.3. The maximum atomic E-state index is 13.7. The van der Waals surface area contributed by atoms with Gasteiger partial charge in [-0.3, -0.25) is 14.6 Å². The van der Waals surface area contributed by atoms with Gasteiger partial charge in [0.15, 0.2) is 0 Å². The lowest BCUT2D eigenvalue weighted by molar-refractivity contribution is -0.123. The van der Waals surface area contributed by atoms with Crippen LogP contribution in [0.1, 0.15) is 28.9 Å². The molecule has 2 amide bonds. The van der Waals surface area contributed by atoms with Gasteiger partial charge in [-0.25, -0.2) is 0 Å².